The minimum atomic E-state index is -0.540. The predicted octanol–water partition coefficient (Wildman–Crippen LogP) is 4.20. The average molecular weight is 284 g/mol. The van der Waals surface area contributed by atoms with E-state index in [2.05, 4.69) is 41.5 Å². The molecule has 1 saturated heterocycles. The molecule has 118 valence electrons. The summed E-state index contributed by atoms with van der Waals surface area (Å²) in [6.45, 7) is 18.1. The average Bonchev–Trinajstić information content (AvgIpc) is 2.25. The molecule has 0 amide bonds. The molecule has 0 bridgehead atoms. The van der Waals surface area contributed by atoms with Gasteiger partial charge in [-0.1, -0.05) is 41.5 Å². The van der Waals surface area contributed by atoms with Gasteiger partial charge < -0.3 is 9.47 Å². The highest BCUT2D eigenvalue weighted by Crippen LogP contribution is 2.52. The zero-order valence-electron chi connectivity index (χ0n) is 14.6. The predicted molar refractivity (Wildman–Crippen MR) is 81.6 cm³/mol. The van der Waals surface area contributed by atoms with Crippen molar-refractivity contribution in [1.29, 1.82) is 0 Å². The quantitative estimate of drug-likeness (QED) is 0.713. The summed E-state index contributed by atoms with van der Waals surface area (Å²) in [7, 11) is 0. The highest BCUT2D eigenvalue weighted by atomic mass is 16.6. The summed E-state index contributed by atoms with van der Waals surface area (Å²) in [4.78, 5) is 13.0. The Bertz CT molecular complexity index is 337. The van der Waals surface area contributed by atoms with Crippen molar-refractivity contribution in [2.24, 2.45) is 16.2 Å². The maximum Gasteiger partial charge on any atom is 0.313 e. The third-order valence-electron chi connectivity index (χ3n) is 5.30. The molecule has 1 aliphatic rings. The molecule has 0 aliphatic carbocycles. The molecule has 1 heterocycles. The van der Waals surface area contributed by atoms with Crippen molar-refractivity contribution in [3.8, 4) is 0 Å². The molecule has 1 fully saturated rings. The Hall–Kier alpha value is -0.570. The molecule has 1 rings (SSSR count). The van der Waals surface area contributed by atoms with Crippen LogP contribution in [0.3, 0.4) is 0 Å². The Balaban J connectivity index is 3.02. The molecular weight excluding hydrogens is 252 g/mol. The van der Waals surface area contributed by atoms with E-state index in [9.17, 15) is 4.79 Å². The van der Waals surface area contributed by atoms with E-state index in [4.69, 9.17) is 9.47 Å². The highest BCUT2D eigenvalue weighted by molar-refractivity contribution is 5.78. The largest absolute Gasteiger partial charge is 0.459 e. The van der Waals surface area contributed by atoms with Crippen molar-refractivity contribution in [2.75, 3.05) is 13.2 Å². The van der Waals surface area contributed by atoms with Crippen LogP contribution >= 0.6 is 0 Å². The van der Waals surface area contributed by atoms with Crippen molar-refractivity contribution in [3.05, 3.63) is 0 Å². The highest BCUT2D eigenvalue weighted by Gasteiger charge is 2.55. The Morgan fingerprint density at radius 3 is 1.70 bits per heavy atom. The lowest BCUT2D eigenvalue weighted by molar-refractivity contribution is -0.194. The fourth-order valence-corrected chi connectivity index (χ4v) is 2.97. The molecule has 0 spiro atoms. The monoisotopic (exact) mass is 284 g/mol. The third-order valence-corrected chi connectivity index (χ3v) is 5.30. The number of hydrogen-bond donors (Lipinski definition) is 0. The van der Waals surface area contributed by atoms with E-state index in [0.717, 1.165) is 12.8 Å². The van der Waals surface area contributed by atoms with Gasteiger partial charge in [0.2, 0.25) is 0 Å². The molecular formula is C17H32O3. The van der Waals surface area contributed by atoms with Crippen LogP contribution in [0.5, 0.6) is 0 Å². The number of esters is 1. The SMILES string of the molecule is CC1(OC(=O)C(C)(C(C)(C)C)C(C)(C)C)CCOCC1. The van der Waals surface area contributed by atoms with E-state index < -0.39 is 5.41 Å². The number of carbonyl (C=O) groups is 1. The summed E-state index contributed by atoms with van der Waals surface area (Å²) in [6, 6.07) is 0. The van der Waals surface area contributed by atoms with Gasteiger partial charge in [-0.3, -0.25) is 4.79 Å². The smallest absolute Gasteiger partial charge is 0.313 e. The normalized spacial score (nSPS) is 20.6. The molecule has 20 heavy (non-hydrogen) atoms. The van der Waals surface area contributed by atoms with E-state index in [0.29, 0.717) is 13.2 Å². The van der Waals surface area contributed by atoms with Crippen LogP contribution in [0, 0.1) is 16.2 Å². The molecule has 0 N–H and O–H groups in total. The molecule has 0 unspecified atom stereocenters. The van der Waals surface area contributed by atoms with E-state index in [1.54, 1.807) is 0 Å². The third kappa shape index (κ3) is 3.19. The van der Waals surface area contributed by atoms with E-state index in [1.807, 2.05) is 13.8 Å². The van der Waals surface area contributed by atoms with Crippen molar-refractivity contribution in [2.45, 2.75) is 73.8 Å². The lowest BCUT2D eigenvalue weighted by Crippen LogP contribution is -2.53. The van der Waals surface area contributed by atoms with Crippen LogP contribution in [0.15, 0.2) is 0 Å². The van der Waals surface area contributed by atoms with Crippen molar-refractivity contribution >= 4 is 5.97 Å². The Morgan fingerprint density at radius 1 is 0.950 bits per heavy atom. The van der Waals surface area contributed by atoms with Gasteiger partial charge in [0.25, 0.3) is 0 Å². The Morgan fingerprint density at radius 2 is 1.35 bits per heavy atom. The zero-order chi connectivity index (χ0) is 15.8. The first-order valence-corrected chi connectivity index (χ1v) is 7.65. The summed E-state index contributed by atoms with van der Waals surface area (Å²) in [5.74, 6) is -0.0816. The van der Waals surface area contributed by atoms with Gasteiger partial charge in [-0.05, 0) is 24.7 Å². The molecule has 0 aromatic heterocycles. The second-order valence-electron chi connectivity index (χ2n) is 8.58. The first-order chi connectivity index (χ1) is 8.83. The van der Waals surface area contributed by atoms with Gasteiger partial charge >= 0.3 is 5.97 Å². The molecule has 0 aromatic rings. The molecule has 0 atom stereocenters. The van der Waals surface area contributed by atoms with Gasteiger partial charge in [0.1, 0.15) is 5.60 Å². The zero-order valence-corrected chi connectivity index (χ0v) is 14.6. The van der Waals surface area contributed by atoms with E-state index in [1.165, 1.54) is 0 Å². The maximum absolute atomic E-state index is 13.0. The van der Waals surface area contributed by atoms with Crippen LogP contribution < -0.4 is 0 Å². The Kier molecular flexibility index (Phi) is 4.65. The van der Waals surface area contributed by atoms with E-state index >= 15 is 0 Å². The first kappa shape index (κ1) is 17.5. The van der Waals surface area contributed by atoms with Gasteiger partial charge in [-0.25, -0.2) is 0 Å². The second-order valence-corrected chi connectivity index (χ2v) is 8.58. The summed E-state index contributed by atoms with van der Waals surface area (Å²) in [5.41, 5.74) is -1.25. The van der Waals surface area contributed by atoms with Crippen molar-refractivity contribution < 1.29 is 14.3 Å². The summed E-state index contributed by atoms with van der Waals surface area (Å²) < 4.78 is 11.4. The summed E-state index contributed by atoms with van der Waals surface area (Å²) in [6.07, 6.45) is 1.56. The summed E-state index contributed by atoms with van der Waals surface area (Å²) in [5, 5.41) is 0. The van der Waals surface area contributed by atoms with Crippen LogP contribution in [-0.2, 0) is 14.3 Å². The lowest BCUT2D eigenvalue weighted by atomic mass is 9.55. The first-order valence-electron chi connectivity index (χ1n) is 7.65. The summed E-state index contributed by atoms with van der Waals surface area (Å²) >= 11 is 0. The van der Waals surface area contributed by atoms with Gasteiger partial charge in [0.05, 0.1) is 18.6 Å². The molecule has 0 radical (unpaired) electrons. The standard InChI is InChI=1S/C17H32O3/c1-14(2,3)17(8,15(4,5)6)13(18)20-16(7)9-11-19-12-10-16/h9-12H2,1-8H3. The number of carbonyl (C=O) groups excluding carboxylic acids is 1. The van der Waals surface area contributed by atoms with Crippen LogP contribution in [0.4, 0.5) is 0 Å². The fourth-order valence-electron chi connectivity index (χ4n) is 2.97. The maximum atomic E-state index is 13.0. The number of hydrogen-bond acceptors (Lipinski definition) is 3. The molecule has 0 saturated carbocycles. The molecule has 0 aromatic carbocycles. The molecule has 1 aliphatic heterocycles. The number of ether oxygens (including phenoxy) is 2. The van der Waals surface area contributed by atoms with Crippen molar-refractivity contribution in [3.63, 3.8) is 0 Å². The minimum Gasteiger partial charge on any atom is -0.459 e. The van der Waals surface area contributed by atoms with Crippen LogP contribution in [0.2, 0.25) is 0 Å². The van der Waals surface area contributed by atoms with E-state index in [-0.39, 0.29) is 22.4 Å². The topological polar surface area (TPSA) is 35.5 Å². The van der Waals surface area contributed by atoms with Crippen molar-refractivity contribution in [1.82, 2.24) is 0 Å². The Labute approximate surface area is 124 Å². The van der Waals surface area contributed by atoms with Gasteiger partial charge in [-0.15, -0.1) is 0 Å². The molecule has 3 nitrogen and oxygen atoms in total. The molecule has 3 heteroatoms. The van der Waals surface area contributed by atoms with Crippen LogP contribution in [0.1, 0.15) is 68.2 Å². The lowest BCUT2D eigenvalue weighted by Gasteiger charge is -2.50. The van der Waals surface area contributed by atoms with Gasteiger partial charge in [0.15, 0.2) is 0 Å². The van der Waals surface area contributed by atoms with Gasteiger partial charge in [0, 0.05) is 12.8 Å². The van der Waals surface area contributed by atoms with Crippen LogP contribution in [0.25, 0.3) is 0 Å². The van der Waals surface area contributed by atoms with Gasteiger partial charge in [-0.2, -0.15) is 0 Å². The fraction of sp³-hybridized carbons (Fsp3) is 0.941. The number of rotatable bonds is 2. The minimum absolute atomic E-state index is 0.0816. The second kappa shape index (κ2) is 5.32. The van der Waals surface area contributed by atoms with Crippen LogP contribution in [-0.4, -0.2) is 24.8 Å².